The fourth-order valence-corrected chi connectivity index (χ4v) is 2.11. The largest absolute Gasteiger partial charge is 0.509 e. The monoisotopic (exact) mass is 342 g/mol. The Morgan fingerprint density at radius 1 is 1.16 bits per heavy atom. The molecule has 5 nitrogen and oxygen atoms in total. The predicted octanol–water partition coefficient (Wildman–Crippen LogP) is 4.56. The zero-order chi connectivity index (χ0) is 18.4. The minimum atomic E-state index is -1.06. The molecule has 2 N–H and O–H groups in total. The van der Waals surface area contributed by atoms with Gasteiger partial charge in [-0.15, -0.1) is 0 Å². The lowest BCUT2D eigenvalue weighted by molar-refractivity contribution is -0.116. The van der Waals surface area contributed by atoms with Crippen LogP contribution in [0.3, 0.4) is 0 Å². The molecule has 2 aromatic carbocycles. The van der Waals surface area contributed by atoms with Crippen LogP contribution in [0.2, 0.25) is 0 Å². The highest BCUT2D eigenvalue weighted by Crippen LogP contribution is 2.28. The van der Waals surface area contributed by atoms with Crippen LogP contribution in [-0.4, -0.2) is 21.8 Å². The number of ketones is 1. The minimum Gasteiger partial charge on any atom is -0.509 e. The number of benzene rings is 2. The minimum absolute atomic E-state index is 0.100. The summed E-state index contributed by atoms with van der Waals surface area (Å²) < 4.78 is 11.1. The molecule has 0 bridgehead atoms. The quantitative estimate of drug-likeness (QED) is 0.438. The van der Waals surface area contributed by atoms with Gasteiger partial charge in [0.05, 0.1) is 5.56 Å². The standard InChI is InChI=1S/C20H22O5/c1-4-15(21)13-24-20(2,3)25-16-10-11-17(18(22)12-16)19(23)14-8-6-5-7-9-14/h5-13,21-22H,4H2,1-3H3. The van der Waals surface area contributed by atoms with E-state index in [9.17, 15) is 15.0 Å². The number of phenolic OH excluding ortho intramolecular Hbond substituents is 1. The fourth-order valence-electron chi connectivity index (χ4n) is 2.11. The maximum atomic E-state index is 12.4. The summed E-state index contributed by atoms with van der Waals surface area (Å²) in [5.74, 6) is -1.05. The fraction of sp³-hybridized carbons (Fsp3) is 0.250. The molecule has 0 aliphatic rings. The molecular weight excluding hydrogens is 320 g/mol. The molecule has 0 spiro atoms. The molecule has 0 aromatic heterocycles. The number of aliphatic hydroxyl groups is 1. The number of carbonyl (C=O) groups is 1. The number of hydrogen-bond donors (Lipinski definition) is 2. The van der Waals surface area contributed by atoms with E-state index in [0.717, 1.165) is 0 Å². The highest BCUT2D eigenvalue weighted by Gasteiger charge is 2.22. The van der Waals surface area contributed by atoms with Gasteiger partial charge >= 0.3 is 0 Å². The smallest absolute Gasteiger partial charge is 0.245 e. The van der Waals surface area contributed by atoms with Gasteiger partial charge in [0, 0.05) is 31.9 Å². The van der Waals surface area contributed by atoms with Crippen molar-refractivity contribution in [2.45, 2.75) is 33.0 Å². The lowest BCUT2D eigenvalue weighted by Crippen LogP contribution is -2.30. The van der Waals surface area contributed by atoms with E-state index >= 15 is 0 Å². The summed E-state index contributed by atoms with van der Waals surface area (Å²) in [7, 11) is 0. The third kappa shape index (κ3) is 5.01. The van der Waals surface area contributed by atoms with E-state index in [2.05, 4.69) is 0 Å². The second kappa shape index (κ2) is 7.75. The molecule has 25 heavy (non-hydrogen) atoms. The van der Waals surface area contributed by atoms with Crippen LogP contribution in [-0.2, 0) is 4.74 Å². The molecule has 0 radical (unpaired) electrons. The molecule has 2 aromatic rings. The summed E-state index contributed by atoms with van der Waals surface area (Å²) in [6.07, 6.45) is 1.68. The molecule has 2 rings (SSSR count). The summed E-state index contributed by atoms with van der Waals surface area (Å²) in [6, 6.07) is 13.2. The van der Waals surface area contributed by atoms with Gasteiger partial charge in [0.2, 0.25) is 5.79 Å². The Kier molecular flexibility index (Phi) is 5.70. The molecular formula is C20H22O5. The second-order valence-corrected chi connectivity index (χ2v) is 5.96. The second-order valence-electron chi connectivity index (χ2n) is 5.96. The maximum absolute atomic E-state index is 12.4. The predicted molar refractivity (Wildman–Crippen MR) is 94.8 cm³/mol. The van der Waals surface area contributed by atoms with Crippen molar-refractivity contribution < 1.29 is 24.5 Å². The van der Waals surface area contributed by atoms with Crippen molar-refractivity contribution in [1.29, 1.82) is 0 Å². The summed E-state index contributed by atoms with van der Waals surface area (Å²) in [6.45, 7) is 5.14. The van der Waals surface area contributed by atoms with Crippen molar-refractivity contribution in [2.24, 2.45) is 0 Å². The van der Waals surface area contributed by atoms with Crippen molar-refractivity contribution >= 4 is 5.78 Å². The SMILES string of the molecule is CCC(O)=COC(C)(C)Oc1ccc(C(=O)c2ccccc2)c(O)c1. The summed E-state index contributed by atoms with van der Waals surface area (Å²) >= 11 is 0. The van der Waals surface area contributed by atoms with E-state index < -0.39 is 5.79 Å². The van der Waals surface area contributed by atoms with Gasteiger partial charge < -0.3 is 19.7 Å². The molecule has 0 amide bonds. The molecule has 0 aliphatic heterocycles. The van der Waals surface area contributed by atoms with Crippen molar-refractivity contribution in [2.75, 3.05) is 0 Å². The van der Waals surface area contributed by atoms with Crippen molar-refractivity contribution in [3.63, 3.8) is 0 Å². The first-order valence-electron chi connectivity index (χ1n) is 8.00. The van der Waals surface area contributed by atoms with Gasteiger partial charge in [-0.05, 0) is 12.1 Å². The van der Waals surface area contributed by atoms with Crippen molar-refractivity contribution in [1.82, 2.24) is 0 Å². The van der Waals surface area contributed by atoms with Gasteiger partial charge in [0.25, 0.3) is 0 Å². The van der Waals surface area contributed by atoms with Crippen LogP contribution in [0.4, 0.5) is 0 Å². The number of carbonyl (C=O) groups excluding carboxylic acids is 1. The number of phenols is 1. The Hall–Kier alpha value is -2.95. The van der Waals surface area contributed by atoms with E-state index in [1.54, 1.807) is 51.1 Å². The van der Waals surface area contributed by atoms with E-state index in [0.29, 0.717) is 17.7 Å². The van der Waals surface area contributed by atoms with Gasteiger partial charge in [-0.3, -0.25) is 4.79 Å². The van der Waals surface area contributed by atoms with Gasteiger partial charge in [-0.1, -0.05) is 37.3 Å². The number of aliphatic hydroxyl groups excluding tert-OH is 1. The van der Waals surface area contributed by atoms with Crippen LogP contribution in [0.1, 0.15) is 43.1 Å². The summed E-state index contributed by atoms with van der Waals surface area (Å²) in [5, 5.41) is 19.6. The zero-order valence-electron chi connectivity index (χ0n) is 14.5. The van der Waals surface area contributed by atoms with Crippen molar-refractivity contribution in [3.8, 4) is 11.5 Å². The normalized spacial score (nSPS) is 11.9. The summed E-state index contributed by atoms with van der Waals surface area (Å²) in [5.41, 5.74) is 0.691. The van der Waals surface area contributed by atoms with Crippen LogP contribution >= 0.6 is 0 Å². The van der Waals surface area contributed by atoms with Crippen molar-refractivity contribution in [3.05, 3.63) is 71.7 Å². The molecule has 132 valence electrons. The zero-order valence-corrected chi connectivity index (χ0v) is 14.5. The van der Waals surface area contributed by atoms with E-state index in [1.165, 1.54) is 18.4 Å². The molecule has 0 fully saturated rings. The number of aromatic hydroxyl groups is 1. The van der Waals surface area contributed by atoms with E-state index in [-0.39, 0.29) is 22.9 Å². The van der Waals surface area contributed by atoms with Crippen LogP contribution in [0.5, 0.6) is 11.5 Å². The summed E-state index contributed by atoms with van der Waals surface area (Å²) in [4.78, 5) is 12.4. The average molecular weight is 342 g/mol. The number of allylic oxidation sites excluding steroid dienone is 1. The Morgan fingerprint density at radius 2 is 1.84 bits per heavy atom. The van der Waals surface area contributed by atoms with E-state index in [1.807, 2.05) is 6.07 Å². The number of rotatable bonds is 7. The number of hydrogen-bond acceptors (Lipinski definition) is 5. The van der Waals surface area contributed by atoms with E-state index in [4.69, 9.17) is 9.47 Å². The Bertz CT molecular complexity index is 763. The van der Waals surface area contributed by atoms with Crippen LogP contribution in [0, 0.1) is 0 Å². The first kappa shape index (κ1) is 18.4. The first-order valence-corrected chi connectivity index (χ1v) is 8.00. The lowest BCUT2D eigenvalue weighted by atomic mass is 10.0. The topological polar surface area (TPSA) is 76.0 Å². The van der Waals surface area contributed by atoms with Gasteiger partial charge in [0.15, 0.2) is 5.78 Å². The average Bonchev–Trinajstić information content (AvgIpc) is 2.59. The van der Waals surface area contributed by atoms with Crippen LogP contribution in [0.25, 0.3) is 0 Å². The molecule has 0 aliphatic carbocycles. The van der Waals surface area contributed by atoms with Crippen LogP contribution < -0.4 is 4.74 Å². The third-order valence-electron chi connectivity index (χ3n) is 3.45. The molecule has 0 saturated heterocycles. The maximum Gasteiger partial charge on any atom is 0.245 e. The molecule has 5 heteroatoms. The van der Waals surface area contributed by atoms with Crippen LogP contribution in [0.15, 0.2) is 60.6 Å². The highest BCUT2D eigenvalue weighted by molar-refractivity contribution is 6.10. The lowest BCUT2D eigenvalue weighted by Gasteiger charge is -2.26. The highest BCUT2D eigenvalue weighted by atomic mass is 16.7. The Labute approximate surface area is 147 Å². The Morgan fingerprint density at radius 3 is 2.44 bits per heavy atom. The molecule has 0 heterocycles. The van der Waals surface area contributed by atoms with Gasteiger partial charge in [0.1, 0.15) is 23.5 Å². The van der Waals surface area contributed by atoms with Gasteiger partial charge in [-0.25, -0.2) is 0 Å². The first-order chi connectivity index (χ1) is 11.8. The van der Waals surface area contributed by atoms with Gasteiger partial charge in [-0.2, -0.15) is 0 Å². The number of ether oxygens (including phenoxy) is 2. The molecule has 0 saturated carbocycles. The molecule has 0 atom stereocenters. The Balaban J connectivity index is 2.15. The third-order valence-corrected chi connectivity index (χ3v) is 3.45. The molecule has 0 unspecified atom stereocenters.